The lowest BCUT2D eigenvalue weighted by Gasteiger charge is -2.11. The van der Waals surface area contributed by atoms with Crippen molar-refractivity contribution in [1.82, 2.24) is 0 Å². The minimum absolute atomic E-state index is 0.184. The molecular formula is C19H20N2O3. The first-order valence-electron chi connectivity index (χ1n) is 7.49. The molecule has 0 radical (unpaired) electrons. The standard InChI is InChI=1S/C19H20N2O3/c1-13-5-4-6-15(11-13)7-10-19(23)21-17-12-16(20-14(2)22)8-9-18(17)24-3/h4-12H,1-3H3,(H,20,22)(H,21,23)/b10-7+. The number of hydrogen-bond donors (Lipinski definition) is 2. The smallest absolute Gasteiger partial charge is 0.248 e. The second-order valence-corrected chi connectivity index (χ2v) is 5.33. The number of rotatable bonds is 5. The number of benzene rings is 2. The molecular weight excluding hydrogens is 304 g/mol. The maximum atomic E-state index is 12.1. The molecule has 2 N–H and O–H groups in total. The predicted octanol–water partition coefficient (Wildman–Crippen LogP) is 3.61. The van der Waals surface area contributed by atoms with Gasteiger partial charge in [0.25, 0.3) is 0 Å². The van der Waals surface area contributed by atoms with Crippen LogP contribution in [0.15, 0.2) is 48.5 Å². The van der Waals surface area contributed by atoms with Crippen molar-refractivity contribution in [2.75, 3.05) is 17.7 Å². The Morgan fingerprint density at radius 1 is 1.08 bits per heavy atom. The van der Waals surface area contributed by atoms with Gasteiger partial charge in [0.05, 0.1) is 12.8 Å². The fourth-order valence-corrected chi connectivity index (χ4v) is 2.21. The normalized spacial score (nSPS) is 10.5. The maximum absolute atomic E-state index is 12.1. The zero-order chi connectivity index (χ0) is 17.5. The molecule has 5 nitrogen and oxygen atoms in total. The summed E-state index contributed by atoms with van der Waals surface area (Å²) in [5, 5.41) is 5.43. The lowest BCUT2D eigenvalue weighted by molar-refractivity contribution is -0.114. The second kappa shape index (κ2) is 7.97. The zero-order valence-corrected chi connectivity index (χ0v) is 13.9. The van der Waals surface area contributed by atoms with E-state index in [9.17, 15) is 9.59 Å². The van der Waals surface area contributed by atoms with Crippen LogP contribution in [0.1, 0.15) is 18.1 Å². The van der Waals surface area contributed by atoms with E-state index in [1.807, 2.05) is 31.2 Å². The number of hydrogen-bond acceptors (Lipinski definition) is 3. The van der Waals surface area contributed by atoms with Crippen molar-refractivity contribution in [2.24, 2.45) is 0 Å². The summed E-state index contributed by atoms with van der Waals surface area (Å²) in [6.07, 6.45) is 3.20. The summed E-state index contributed by atoms with van der Waals surface area (Å²) in [4.78, 5) is 23.3. The fraction of sp³-hybridized carbons (Fsp3) is 0.158. The van der Waals surface area contributed by atoms with Crippen LogP contribution >= 0.6 is 0 Å². The number of carbonyl (C=O) groups excluding carboxylic acids is 2. The van der Waals surface area contributed by atoms with E-state index in [-0.39, 0.29) is 11.8 Å². The van der Waals surface area contributed by atoms with Gasteiger partial charge in [0.15, 0.2) is 0 Å². The average Bonchev–Trinajstić information content (AvgIpc) is 2.53. The summed E-state index contributed by atoms with van der Waals surface area (Å²) in [7, 11) is 1.52. The lowest BCUT2D eigenvalue weighted by Crippen LogP contribution is -2.10. The third kappa shape index (κ3) is 4.98. The Balaban J connectivity index is 2.13. The van der Waals surface area contributed by atoms with Crippen LogP contribution in [0.25, 0.3) is 6.08 Å². The molecule has 0 bridgehead atoms. The molecule has 0 saturated carbocycles. The van der Waals surface area contributed by atoms with Gasteiger partial charge >= 0.3 is 0 Å². The molecule has 0 unspecified atom stereocenters. The van der Waals surface area contributed by atoms with E-state index in [1.54, 1.807) is 24.3 Å². The number of nitrogens with one attached hydrogen (secondary N) is 2. The van der Waals surface area contributed by atoms with Gasteiger partial charge < -0.3 is 15.4 Å². The van der Waals surface area contributed by atoms with Gasteiger partial charge in [0.1, 0.15) is 5.75 Å². The van der Waals surface area contributed by atoms with Gasteiger partial charge in [-0.25, -0.2) is 0 Å². The van der Waals surface area contributed by atoms with Crippen LogP contribution in [-0.2, 0) is 9.59 Å². The van der Waals surface area contributed by atoms with Crippen molar-refractivity contribution in [1.29, 1.82) is 0 Å². The number of anilines is 2. The first kappa shape index (κ1) is 17.3. The topological polar surface area (TPSA) is 67.4 Å². The SMILES string of the molecule is COc1ccc(NC(C)=O)cc1NC(=O)/C=C/c1cccc(C)c1. The van der Waals surface area contributed by atoms with E-state index < -0.39 is 0 Å². The fourth-order valence-electron chi connectivity index (χ4n) is 2.21. The van der Waals surface area contributed by atoms with Crippen LogP contribution in [0.5, 0.6) is 5.75 Å². The number of aryl methyl sites for hydroxylation is 1. The summed E-state index contributed by atoms with van der Waals surface area (Å²) in [5.74, 6) is 0.0491. The molecule has 0 fully saturated rings. The molecule has 0 heterocycles. The molecule has 0 aliphatic carbocycles. The molecule has 0 aromatic heterocycles. The quantitative estimate of drug-likeness (QED) is 0.826. The van der Waals surface area contributed by atoms with Gasteiger partial charge in [-0.3, -0.25) is 9.59 Å². The molecule has 0 aliphatic heterocycles. The Hall–Kier alpha value is -3.08. The van der Waals surface area contributed by atoms with Crippen molar-refractivity contribution < 1.29 is 14.3 Å². The highest BCUT2D eigenvalue weighted by atomic mass is 16.5. The minimum atomic E-state index is -0.283. The number of ether oxygens (including phenoxy) is 1. The van der Waals surface area contributed by atoms with E-state index >= 15 is 0 Å². The second-order valence-electron chi connectivity index (χ2n) is 5.33. The van der Waals surface area contributed by atoms with Crippen molar-refractivity contribution in [2.45, 2.75) is 13.8 Å². The molecule has 0 spiro atoms. The number of methoxy groups -OCH3 is 1. The van der Waals surface area contributed by atoms with Crippen molar-refractivity contribution in [3.8, 4) is 5.75 Å². The van der Waals surface area contributed by atoms with Gasteiger partial charge in [0, 0.05) is 18.7 Å². The van der Waals surface area contributed by atoms with Crippen LogP contribution in [0.3, 0.4) is 0 Å². The predicted molar refractivity (Wildman–Crippen MR) is 96.1 cm³/mol. The Morgan fingerprint density at radius 2 is 1.88 bits per heavy atom. The number of amides is 2. The Labute approximate surface area is 141 Å². The highest BCUT2D eigenvalue weighted by Crippen LogP contribution is 2.27. The minimum Gasteiger partial charge on any atom is -0.495 e. The van der Waals surface area contributed by atoms with E-state index in [1.165, 1.54) is 20.1 Å². The zero-order valence-electron chi connectivity index (χ0n) is 13.9. The molecule has 2 rings (SSSR count). The Bertz CT molecular complexity index is 782. The Morgan fingerprint density at radius 3 is 2.54 bits per heavy atom. The van der Waals surface area contributed by atoms with Gasteiger partial charge in [0.2, 0.25) is 11.8 Å². The molecule has 0 aliphatic rings. The molecule has 0 saturated heterocycles. The summed E-state index contributed by atoms with van der Waals surface area (Å²) >= 11 is 0. The monoisotopic (exact) mass is 324 g/mol. The lowest BCUT2D eigenvalue weighted by atomic mass is 10.1. The summed E-state index contributed by atoms with van der Waals surface area (Å²) in [6.45, 7) is 3.42. The third-order valence-corrected chi connectivity index (χ3v) is 3.25. The molecule has 24 heavy (non-hydrogen) atoms. The van der Waals surface area contributed by atoms with E-state index in [0.717, 1.165) is 11.1 Å². The van der Waals surface area contributed by atoms with Crippen molar-refractivity contribution in [3.05, 3.63) is 59.7 Å². The van der Waals surface area contributed by atoms with E-state index in [0.29, 0.717) is 17.1 Å². The highest BCUT2D eigenvalue weighted by molar-refractivity contribution is 6.03. The molecule has 2 amide bonds. The summed E-state index contributed by atoms with van der Waals surface area (Å²) in [5.41, 5.74) is 3.15. The van der Waals surface area contributed by atoms with Gasteiger partial charge in [-0.15, -0.1) is 0 Å². The van der Waals surface area contributed by atoms with Crippen LogP contribution in [0.4, 0.5) is 11.4 Å². The first-order valence-corrected chi connectivity index (χ1v) is 7.49. The van der Waals surface area contributed by atoms with E-state index in [4.69, 9.17) is 4.74 Å². The van der Waals surface area contributed by atoms with Crippen LogP contribution in [-0.4, -0.2) is 18.9 Å². The Kier molecular flexibility index (Phi) is 5.73. The maximum Gasteiger partial charge on any atom is 0.248 e. The molecule has 0 atom stereocenters. The summed E-state index contributed by atoms with van der Waals surface area (Å²) < 4.78 is 5.23. The van der Waals surface area contributed by atoms with Gasteiger partial charge in [-0.2, -0.15) is 0 Å². The highest BCUT2D eigenvalue weighted by Gasteiger charge is 2.07. The molecule has 2 aromatic rings. The largest absolute Gasteiger partial charge is 0.495 e. The third-order valence-electron chi connectivity index (χ3n) is 3.25. The molecule has 124 valence electrons. The summed E-state index contributed by atoms with van der Waals surface area (Å²) in [6, 6.07) is 12.9. The first-order chi connectivity index (χ1) is 11.5. The molecule has 2 aromatic carbocycles. The van der Waals surface area contributed by atoms with E-state index in [2.05, 4.69) is 10.6 Å². The van der Waals surface area contributed by atoms with Gasteiger partial charge in [-0.1, -0.05) is 29.8 Å². The average molecular weight is 324 g/mol. The van der Waals surface area contributed by atoms with Crippen molar-refractivity contribution in [3.63, 3.8) is 0 Å². The van der Waals surface area contributed by atoms with Crippen LogP contribution in [0.2, 0.25) is 0 Å². The van der Waals surface area contributed by atoms with Crippen molar-refractivity contribution >= 4 is 29.3 Å². The van der Waals surface area contributed by atoms with Gasteiger partial charge in [-0.05, 0) is 36.8 Å². The van der Waals surface area contributed by atoms with Crippen LogP contribution < -0.4 is 15.4 Å². The molecule has 5 heteroatoms. The number of carbonyl (C=O) groups is 2. The van der Waals surface area contributed by atoms with Crippen LogP contribution in [0, 0.1) is 6.92 Å².